The van der Waals surface area contributed by atoms with Gasteiger partial charge in [0.1, 0.15) is 0 Å². The van der Waals surface area contributed by atoms with E-state index in [1.165, 1.54) is 0 Å². The first kappa shape index (κ1) is 15.9. The average Bonchev–Trinajstić information content (AvgIpc) is 2.48. The Kier molecular flexibility index (Phi) is 5.26. The van der Waals surface area contributed by atoms with Gasteiger partial charge in [-0.15, -0.1) is 0 Å². The van der Waals surface area contributed by atoms with E-state index in [1.54, 1.807) is 23.1 Å². The van der Waals surface area contributed by atoms with Crippen molar-refractivity contribution in [3.05, 3.63) is 63.1 Å². The van der Waals surface area contributed by atoms with Gasteiger partial charge < -0.3 is 10.6 Å². The molecule has 0 saturated heterocycles. The van der Waals surface area contributed by atoms with Gasteiger partial charge in [-0.2, -0.15) is 0 Å². The van der Waals surface area contributed by atoms with Crippen molar-refractivity contribution < 1.29 is 4.79 Å². The van der Waals surface area contributed by atoms with Crippen LogP contribution in [-0.2, 0) is 6.54 Å². The standard InChI is InChI=1S/C16H16BrClN2O/c1-2-20(10-11-5-3-4-6-15(11)18)16(21)13-9-12(19)7-8-14(13)17/h3-9H,2,10,19H2,1H3. The SMILES string of the molecule is CCN(Cc1ccccc1Cl)C(=O)c1cc(N)ccc1Br. The van der Waals surface area contributed by atoms with Crippen LogP contribution in [0.25, 0.3) is 0 Å². The Morgan fingerprint density at radius 1 is 1.29 bits per heavy atom. The number of benzene rings is 2. The topological polar surface area (TPSA) is 46.3 Å². The Bertz CT molecular complexity index is 660. The van der Waals surface area contributed by atoms with Crippen LogP contribution in [0.5, 0.6) is 0 Å². The highest BCUT2D eigenvalue weighted by Crippen LogP contribution is 2.23. The molecule has 5 heteroatoms. The van der Waals surface area contributed by atoms with Crippen LogP contribution in [0.3, 0.4) is 0 Å². The van der Waals surface area contributed by atoms with Gasteiger partial charge in [-0.25, -0.2) is 0 Å². The summed E-state index contributed by atoms with van der Waals surface area (Å²) in [4.78, 5) is 14.4. The summed E-state index contributed by atoms with van der Waals surface area (Å²) in [6, 6.07) is 12.8. The molecular formula is C16H16BrClN2O. The van der Waals surface area contributed by atoms with E-state index in [4.69, 9.17) is 17.3 Å². The zero-order chi connectivity index (χ0) is 15.4. The minimum Gasteiger partial charge on any atom is -0.399 e. The predicted octanol–water partition coefficient (Wildman–Crippen LogP) is 4.35. The van der Waals surface area contributed by atoms with Gasteiger partial charge >= 0.3 is 0 Å². The fraction of sp³-hybridized carbons (Fsp3) is 0.188. The molecule has 0 atom stereocenters. The molecule has 0 aromatic heterocycles. The lowest BCUT2D eigenvalue weighted by atomic mass is 10.1. The lowest BCUT2D eigenvalue weighted by Gasteiger charge is -2.22. The number of nitrogen functional groups attached to an aromatic ring is 1. The molecule has 0 radical (unpaired) electrons. The molecule has 2 aromatic carbocycles. The van der Waals surface area contributed by atoms with Crippen LogP contribution >= 0.6 is 27.5 Å². The minimum atomic E-state index is -0.0726. The first-order chi connectivity index (χ1) is 10.0. The fourth-order valence-electron chi connectivity index (χ4n) is 2.04. The summed E-state index contributed by atoms with van der Waals surface area (Å²) >= 11 is 9.56. The van der Waals surface area contributed by atoms with Crippen LogP contribution in [0.4, 0.5) is 5.69 Å². The number of anilines is 1. The molecule has 0 unspecified atom stereocenters. The zero-order valence-corrected chi connectivity index (χ0v) is 14.0. The summed E-state index contributed by atoms with van der Waals surface area (Å²) in [6.45, 7) is 3.00. The molecule has 0 bridgehead atoms. The first-order valence-corrected chi connectivity index (χ1v) is 7.77. The summed E-state index contributed by atoms with van der Waals surface area (Å²) in [6.07, 6.45) is 0. The fourth-order valence-corrected chi connectivity index (χ4v) is 2.65. The van der Waals surface area contributed by atoms with E-state index >= 15 is 0 Å². The second-order valence-corrected chi connectivity index (χ2v) is 5.91. The Labute approximate surface area is 137 Å². The van der Waals surface area contributed by atoms with Crippen molar-refractivity contribution in [2.45, 2.75) is 13.5 Å². The van der Waals surface area contributed by atoms with Crippen LogP contribution in [0.2, 0.25) is 5.02 Å². The monoisotopic (exact) mass is 366 g/mol. The maximum atomic E-state index is 12.7. The Balaban J connectivity index is 2.27. The van der Waals surface area contributed by atoms with Gasteiger partial charge in [0.25, 0.3) is 5.91 Å². The van der Waals surface area contributed by atoms with E-state index in [9.17, 15) is 4.79 Å². The largest absolute Gasteiger partial charge is 0.399 e. The van der Waals surface area contributed by atoms with Crippen molar-refractivity contribution in [1.29, 1.82) is 0 Å². The molecule has 0 aliphatic carbocycles. The molecule has 0 aliphatic heterocycles. The second-order valence-electron chi connectivity index (χ2n) is 4.65. The Morgan fingerprint density at radius 3 is 2.67 bits per heavy atom. The molecule has 1 amide bonds. The maximum absolute atomic E-state index is 12.7. The molecule has 2 rings (SSSR count). The number of nitrogens with two attached hydrogens (primary N) is 1. The molecule has 21 heavy (non-hydrogen) atoms. The smallest absolute Gasteiger partial charge is 0.255 e. The quantitative estimate of drug-likeness (QED) is 0.817. The van der Waals surface area contributed by atoms with Gasteiger partial charge in [0, 0.05) is 28.3 Å². The van der Waals surface area contributed by atoms with Gasteiger partial charge in [-0.1, -0.05) is 29.8 Å². The molecule has 0 heterocycles. The molecular weight excluding hydrogens is 352 g/mol. The highest BCUT2D eigenvalue weighted by molar-refractivity contribution is 9.10. The normalized spacial score (nSPS) is 10.4. The van der Waals surface area contributed by atoms with E-state index in [1.807, 2.05) is 31.2 Å². The van der Waals surface area contributed by atoms with Crippen LogP contribution in [0.15, 0.2) is 46.9 Å². The van der Waals surface area contributed by atoms with Gasteiger partial charge in [0.15, 0.2) is 0 Å². The van der Waals surface area contributed by atoms with Gasteiger partial charge in [-0.05, 0) is 52.7 Å². The maximum Gasteiger partial charge on any atom is 0.255 e. The third-order valence-electron chi connectivity index (χ3n) is 3.21. The van der Waals surface area contributed by atoms with E-state index in [0.29, 0.717) is 29.4 Å². The highest BCUT2D eigenvalue weighted by Gasteiger charge is 2.18. The summed E-state index contributed by atoms with van der Waals surface area (Å²) in [5.41, 5.74) is 7.82. The van der Waals surface area contributed by atoms with Gasteiger partial charge in [0.05, 0.1) is 5.56 Å². The number of hydrogen-bond acceptors (Lipinski definition) is 2. The Hall–Kier alpha value is -1.52. The molecule has 2 aromatic rings. The van der Waals surface area contributed by atoms with E-state index < -0.39 is 0 Å². The average molecular weight is 368 g/mol. The number of carbonyl (C=O) groups is 1. The number of nitrogens with zero attached hydrogens (tertiary/aromatic N) is 1. The predicted molar refractivity (Wildman–Crippen MR) is 90.4 cm³/mol. The van der Waals surface area contributed by atoms with E-state index in [2.05, 4.69) is 15.9 Å². The van der Waals surface area contributed by atoms with Crippen LogP contribution in [-0.4, -0.2) is 17.4 Å². The van der Waals surface area contributed by atoms with Crippen molar-refractivity contribution in [2.24, 2.45) is 0 Å². The highest BCUT2D eigenvalue weighted by atomic mass is 79.9. The zero-order valence-electron chi connectivity index (χ0n) is 11.6. The van der Waals surface area contributed by atoms with Crippen LogP contribution in [0.1, 0.15) is 22.8 Å². The molecule has 0 spiro atoms. The van der Waals surface area contributed by atoms with Gasteiger partial charge in [-0.3, -0.25) is 4.79 Å². The number of rotatable bonds is 4. The summed E-state index contributed by atoms with van der Waals surface area (Å²) in [5, 5.41) is 0.662. The second kappa shape index (κ2) is 6.96. The number of hydrogen-bond donors (Lipinski definition) is 1. The third-order valence-corrected chi connectivity index (χ3v) is 4.27. The first-order valence-electron chi connectivity index (χ1n) is 6.60. The van der Waals surface area contributed by atoms with Crippen molar-refractivity contribution >= 4 is 39.1 Å². The lowest BCUT2D eigenvalue weighted by Crippen LogP contribution is -2.30. The molecule has 2 N–H and O–H groups in total. The molecule has 3 nitrogen and oxygen atoms in total. The summed E-state index contributed by atoms with van der Waals surface area (Å²) < 4.78 is 0.735. The molecule has 0 fully saturated rings. The Morgan fingerprint density at radius 2 is 2.00 bits per heavy atom. The minimum absolute atomic E-state index is 0.0726. The van der Waals surface area contributed by atoms with Crippen molar-refractivity contribution in [2.75, 3.05) is 12.3 Å². The van der Waals surface area contributed by atoms with Crippen molar-refractivity contribution in [3.8, 4) is 0 Å². The number of halogens is 2. The van der Waals surface area contributed by atoms with E-state index in [-0.39, 0.29) is 5.91 Å². The summed E-state index contributed by atoms with van der Waals surface area (Å²) in [5.74, 6) is -0.0726. The van der Waals surface area contributed by atoms with Gasteiger partial charge in [0.2, 0.25) is 0 Å². The number of carbonyl (C=O) groups excluding carboxylic acids is 1. The van der Waals surface area contributed by atoms with Crippen molar-refractivity contribution in [1.82, 2.24) is 4.90 Å². The molecule has 0 aliphatic rings. The van der Waals surface area contributed by atoms with Crippen LogP contribution in [0, 0.1) is 0 Å². The van der Waals surface area contributed by atoms with Crippen molar-refractivity contribution in [3.63, 3.8) is 0 Å². The molecule has 110 valence electrons. The third kappa shape index (κ3) is 3.77. The lowest BCUT2D eigenvalue weighted by molar-refractivity contribution is 0.0752. The summed E-state index contributed by atoms with van der Waals surface area (Å²) in [7, 11) is 0. The molecule has 0 saturated carbocycles. The number of amides is 1. The van der Waals surface area contributed by atoms with E-state index in [0.717, 1.165) is 10.0 Å². The van der Waals surface area contributed by atoms with Crippen LogP contribution < -0.4 is 5.73 Å².